The van der Waals surface area contributed by atoms with Crippen LogP contribution in [0.3, 0.4) is 0 Å². The summed E-state index contributed by atoms with van der Waals surface area (Å²) < 4.78 is 39.8. The number of nitrogens with one attached hydrogen (secondary N) is 1. The van der Waals surface area contributed by atoms with Crippen LogP contribution in [0.15, 0.2) is 65.5 Å². The van der Waals surface area contributed by atoms with E-state index in [1.807, 2.05) is 31.2 Å². The van der Waals surface area contributed by atoms with Crippen molar-refractivity contribution in [3.8, 4) is 11.3 Å². The Morgan fingerprint density at radius 2 is 1.75 bits per heavy atom. The molecule has 2 aromatic carbocycles. The highest BCUT2D eigenvalue weighted by Gasteiger charge is 2.29. The lowest BCUT2D eigenvalue weighted by Gasteiger charge is -2.12. The Balaban J connectivity index is 1.72. The van der Waals surface area contributed by atoms with Crippen molar-refractivity contribution >= 4 is 10.9 Å². The number of benzene rings is 2. The number of aryl methyl sites for hydroxylation is 1. The van der Waals surface area contributed by atoms with Crippen LogP contribution in [-0.2, 0) is 12.7 Å². The monoisotopic (exact) mass is 383 g/mol. The summed E-state index contributed by atoms with van der Waals surface area (Å²) >= 11 is 0. The molecule has 0 aliphatic carbocycles. The number of hydrogen-bond acceptors (Lipinski definition) is 2. The van der Waals surface area contributed by atoms with E-state index in [1.165, 1.54) is 18.2 Å². The van der Waals surface area contributed by atoms with Gasteiger partial charge in [0.1, 0.15) is 0 Å². The molecule has 142 valence electrons. The number of halogens is 3. The summed E-state index contributed by atoms with van der Waals surface area (Å²) in [5.41, 5.74) is 3.08. The van der Waals surface area contributed by atoms with Gasteiger partial charge in [-0.05, 0) is 54.3 Å². The molecule has 28 heavy (non-hydrogen) atoms. The molecule has 0 amide bonds. The lowest BCUT2D eigenvalue weighted by Crippen LogP contribution is -2.20. The molecule has 0 radical (unpaired) electrons. The third kappa shape index (κ3) is 3.43. The van der Waals surface area contributed by atoms with Gasteiger partial charge in [0.25, 0.3) is 5.56 Å². The molecule has 2 aromatic heterocycles. The summed E-state index contributed by atoms with van der Waals surface area (Å²) in [5.74, 6) is 0. The van der Waals surface area contributed by atoms with Crippen molar-refractivity contribution in [2.24, 2.45) is 0 Å². The Morgan fingerprint density at radius 3 is 2.39 bits per heavy atom. The highest BCUT2D eigenvalue weighted by Crippen LogP contribution is 2.29. The van der Waals surface area contributed by atoms with Crippen LogP contribution in [0.25, 0.3) is 22.2 Å². The Hall–Kier alpha value is -3.35. The van der Waals surface area contributed by atoms with Gasteiger partial charge < -0.3 is 4.57 Å². The Bertz CT molecular complexity index is 1200. The smallest absolute Gasteiger partial charge is 0.304 e. The number of pyridine rings is 1. The molecular weight excluding hydrogens is 367 g/mol. The molecule has 0 aliphatic heterocycles. The topological polar surface area (TPSA) is 50.7 Å². The van der Waals surface area contributed by atoms with E-state index in [9.17, 15) is 18.0 Å². The first-order valence-electron chi connectivity index (χ1n) is 8.63. The average molecular weight is 383 g/mol. The molecule has 0 spiro atoms. The van der Waals surface area contributed by atoms with Gasteiger partial charge in [0.15, 0.2) is 0 Å². The number of hydrogen-bond donors (Lipinski definition) is 1. The average Bonchev–Trinajstić information content (AvgIpc) is 3.10. The van der Waals surface area contributed by atoms with Gasteiger partial charge >= 0.3 is 6.18 Å². The van der Waals surface area contributed by atoms with E-state index in [0.717, 1.165) is 34.5 Å². The van der Waals surface area contributed by atoms with Crippen molar-refractivity contribution in [1.82, 2.24) is 14.8 Å². The van der Waals surface area contributed by atoms with Crippen molar-refractivity contribution < 1.29 is 13.2 Å². The van der Waals surface area contributed by atoms with Crippen molar-refractivity contribution in [2.75, 3.05) is 0 Å². The Morgan fingerprint density at radius 1 is 1.00 bits per heavy atom. The second kappa shape index (κ2) is 6.67. The fourth-order valence-electron chi connectivity index (χ4n) is 3.17. The van der Waals surface area contributed by atoms with Gasteiger partial charge in [0.2, 0.25) is 0 Å². The molecule has 1 N–H and O–H groups in total. The number of rotatable bonds is 3. The standard InChI is InChI=1S/C21H16F3N3O/c1-13-10-18(26-25-13)15-4-8-19-16(11-15)5-9-20(28)27(19)12-14-2-6-17(7-3-14)21(22,23)24/h2-11H,12H2,1H3,(H,25,26). The zero-order chi connectivity index (χ0) is 19.9. The van der Waals surface area contributed by atoms with Crippen LogP contribution in [-0.4, -0.2) is 14.8 Å². The van der Waals surface area contributed by atoms with Crippen LogP contribution in [0, 0.1) is 6.92 Å². The van der Waals surface area contributed by atoms with Gasteiger partial charge in [-0.1, -0.05) is 18.2 Å². The first-order valence-corrected chi connectivity index (χ1v) is 8.63. The molecule has 0 fully saturated rings. The second-order valence-electron chi connectivity index (χ2n) is 6.66. The van der Waals surface area contributed by atoms with Gasteiger partial charge in [-0.15, -0.1) is 0 Å². The number of alkyl halides is 3. The maximum Gasteiger partial charge on any atom is 0.416 e. The molecule has 0 unspecified atom stereocenters. The summed E-state index contributed by atoms with van der Waals surface area (Å²) in [5, 5.41) is 7.99. The highest BCUT2D eigenvalue weighted by molar-refractivity contribution is 5.84. The van der Waals surface area contributed by atoms with E-state index >= 15 is 0 Å². The minimum Gasteiger partial charge on any atom is -0.304 e. The molecule has 7 heteroatoms. The van der Waals surface area contributed by atoms with E-state index < -0.39 is 11.7 Å². The molecule has 2 heterocycles. The number of aromatic amines is 1. The van der Waals surface area contributed by atoms with Crippen LogP contribution in [0.1, 0.15) is 16.8 Å². The van der Waals surface area contributed by atoms with Crippen LogP contribution >= 0.6 is 0 Å². The molecule has 0 saturated carbocycles. The SMILES string of the molecule is Cc1cc(-c2ccc3c(ccc(=O)n3Cc3ccc(C(F)(F)F)cc3)c2)n[nH]1. The van der Waals surface area contributed by atoms with Crippen LogP contribution in [0.4, 0.5) is 13.2 Å². The summed E-state index contributed by atoms with van der Waals surface area (Å²) in [4.78, 5) is 12.4. The first kappa shape index (κ1) is 18.0. The zero-order valence-corrected chi connectivity index (χ0v) is 14.9. The van der Waals surface area contributed by atoms with Crippen molar-refractivity contribution in [2.45, 2.75) is 19.6 Å². The predicted molar refractivity (Wildman–Crippen MR) is 101 cm³/mol. The molecular formula is C21H16F3N3O. The second-order valence-corrected chi connectivity index (χ2v) is 6.66. The summed E-state index contributed by atoms with van der Waals surface area (Å²) in [7, 11) is 0. The fraction of sp³-hybridized carbons (Fsp3) is 0.143. The highest BCUT2D eigenvalue weighted by atomic mass is 19.4. The molecule has 4 aromatic rings. The van der Waals surface area contributed by atoms with E-state index in [2.05, 4.69) is 10.2 Å². The number of nitrogens with zero attached hydrogens (tertiary/aromatic N) is 2. The van der Waals surface area contributed by atoms with E-state index in [0.29, 0.717) is 11.1 Å². The van der Waals surface area contributed by atoms with Gasteiger partial charge in [-0.3, -0.25) is 9.89 Å². The van der Waals surface area contributed by atoms with E-state index in [1.54, 1.807) is 10.6 Å². The molecule has 0 aliphatic rings. The molecule has 4 nitrogen and oxygen atoms in total. The van der Waals surface area contributed by atoms with Gasteiger partial charge in [-0.25, -0.2) is 0 Å². The number of fused-ring (bicyclic) bond motifs is 1. The van der Waals surface area contributed by atoms with Crippen molar-refractivity contribution in [3.05, 3.63) is 87.8 Å². The fourth-order valence-corrected chi connectivity index (χ4v) is 3.17. The Kier molecular flexibility index (Phi) is 4.30. The van der Waals surface area contributed by atoms with Crippen molar-refractivity contribution in [3.63, 3.8) is 0 Å². The molecule has 0 bridgehead atoms. The minimum atomic E-state index is -4.38. The number of H-pyrrole nitrogens is 1. The lowest BCUT2D eigenvalue weighted by atomic mass is 10.1. The third-order valence-electron chi connectivity index (χ3n) is 4.61. The van der Waals surface area contributed by atoms with Gasteiger partial charge in [0.05, 0.1) is 23.3 Å². The summed E-state index contributed by atoms with van der Waals surface area (Å²) in [6.45, 7) is 2.11. The van der Waals surface area contributed by atoms with Crippen LogP contribution < -0.4 is 5.56 Å². The summed E-state index contributed by atoms with van der Waals surface area (Å²) in [6.07, 6.45) is -4.38. The molecule has 4 rings (SSSR count). The van der Waals surface area contributed by atoms with E-state index in [-0.39, 0.29) is 12.1 Å². The van der Waals surface area contributed by atoms with Crippen LogP contribution in [0.5, 0.6) is 0 Å². The molecule has 0 saturated heterocycles. The predicted octanol–water partition coefficient (Wildman–Crippen LogP) is 4.77. The quantitative estimate of drug-likeness (QED) is 0.554. The van der Waals surface area contributed by atoms with Gasteiger partial charge in [0, 0.05) is 17.3 Å². The largest absolute Gasteiger partial charge is 0.416 e. The van der Waals surface area contributed by atoms with Crippen LogP contribution in [0.2, 0.25) is 0 Å². The number of aromatic nitrogens is 3. The normalized spacial score (nSPS) is 11.9. The Labute approximate surface area is 158 Å². The maximum atomic E-state index is 12.7. The van der Waals surface area contributed by atoms with Crippen molar-refractivity contribution in [1.29, 1.82) is 0 Å². The lowest BCUT2D eigenvalue weighted by molar-refractivity contribution is -0.137. The first-order chi connectivity index (χ1) is 13.3. The minimum absolute atomic E-state index is 0.190. The van der Waals surface area contributed by atoms with E-state index in [4.69, 9.17) is 0 Å². The van der Waals surface area contributed by atoms with Gasteiger partial charge in [-0.2, -0.15) is 18.3 Å². The zero-order valence-electron chi connectivity index (χ0n) is 14.9. The maximum absolute atomic E-state index is 12.7. The summed E-state index contributed by atoms with van der Waals surface area (Å²) in [6, 6.07) is 15.6. The third-order valence-corrected chi connectivity index (χ3v) is 4.61. The molecule has 0 atom stereocenters.